The number of rotatable bonds is 9. The normalized spacial score (nSPS) is 14.6. The molecular weight excluding hydrogens is 497 g/mol. The van der Waals surface area contributed by atoms with Gasteiger partial charge in [0.05, 0.1) is 19.1 Å². The zero-order valence-corrected chi connectivity index (χ0v) is 21.6. The Morgan fingerprint density at radius 3 is 2.53 bits per heavy atom. The number of carboxylic acid groups (broad SMARTS) is 1. The number of carbonyl (C=O) groups is 1. The number of hydrogen-bond acceptors (Lipinski definition) is 4. The van der Waals surface area contributed by atoms with Gasteiger partial charge in [0.1, 0.15) is 5.75 Å². The lowest BCUT2D eigenvalue weighted by atomic mass is 9.89. The van der Waals surface area contributed by atoms with Crippen LogP contribution in [0.5, 0.6) is 5.75 Å². The third kappa shape index (κ3) is 7.63. The van der Waals surface area contributed by atoms with Crippen LogP contribution in [-0.2, 0) is 23.9 Å². The van der Waals surface area contributed by atoms with E-state index in [-0.39, 0.29) is 13.0 Å². The molecule has 2 N–H and O–H groups in total. The van der Waals surface area contributed by atoms with Crippen molar-refractivity contribution in [1.82, 2.24) is 10.2 Å². The van der Waals surface area contributed by atoms with Crippen molar-refractivity contribution in [1.29, 1.82) is 5.26 Å². The highest BCUT2D eigenvalue weighted by molar-refractivity contribution is 5.82. The van der Waals surface area contributed by atoms with Crippen molar-refractivity contribution in [3.63, 3.8) is 0 Å². The molecule has 0 radical (unpaired) electrons. The summed E-state index contributed by atoms with van der Waals surface area (Å²) in [5, 5.41) is 21.2. The summed E-state index contributed by atoms with van der Waals surface area (Å²) in [6.45, 7) is 2.82. The quantitative estimate of drug-likeness (QED) is 0.183. The number of guanidine groups is 1. The lowest BCUT2D eigenvalue weighted by Crippen LogP contribution is -2.39. The van der Waals surface area contributed by atoms with Gasteiger partial charge in [0.15, 0.2) is 6.19 Å². The summed E-state index contributed by atoms with van der Waals surface area (Å²) in [5.74, 6) is 0.121. The van der Waals surface area contributed by atoms with Crippen molar-refractivity contribution in [2.75, 3.05) is 20.2 Å². The molecule has 0 heterocycles. The Bertz CT molecular complexity index is 1180. The van der Waals surface area contributed by atoms with Crippen LogP contribution in [0.15, 0.2) is 41.4 Å². The molecule has 1 saturated carbocycles. The average molecular weight is 531 g/mol. The van der Waals surface area contributed by atoms with Crippen molar-refractivity contribution < 1.29 is 27.8 Å². The zero-order chi connectivity index (χ0) is 27.7. The van der Waals surface area contributed by atoms with E-state index in [9.17, 15) is 28.3 Å². The molecule has 0 spiro atoms. The number of nitriles is 1. The molecule has 38 heavy (non-hydrogen) atoms. The van der Waals surface area contributed by atoms with Crippen LogP contribution in [0.2, 0.25) is 0 Å². The SMILES string of the molecule is CCN(Cc1cc(C(F)(F)F)ccc1-c1cc(CC(=O)O)ccc1OC)C(=NCC1CCCCC1)NC#N. The van der Waals surface area contributed by atoms with Gasteiger partial charge in [0.2, 0.25) is 5.96 Å². The number of aliphatic carboxylic acids is 1. The maximum absolute atomic E-state index is 13.7. The number of hydrogen-bond donors (Lipinski definition) is 2. The molecule has 10 heteroatoms. The molecule has 1 fully saturated rings. The van der Waals surface area contributed by atoms with E-state index in [1.54, 1.807) is 23.1 Å². The van der Waals surface area contributed by atoms with Gasteiger partial charge in [-0.05, 0) is 66.6 Å². The molecule has 0 unspecified atom stereocenters. The van der Waals surface area contributed by atoms with E-state index in [1.165, 1.54) is 19.6 Å². The molecule has 7 nitrogen and oxygen atoms in total. The lowest BCUT2D eigenvalue weighted by molar-refractivity contribution is -0.138. The monoisotopic (exact) mass is 530 g/mol. The van der Waals surface area contributed by atoms with Crippen LogP contribution in [-0.4, -0.2) is 42.1 Å². The molecule has 0 bridgehead atoms. The molecule has 204 valence electrons. The van der Waals surface area contributed by atoms with Gasteiger partial charge in [0, 0.05) is 25.2 Å². The Kier molecular flexibility index (Phi) is 9.99. The molecule has 3 rings (SSSR count). The summed E-state index contributed by atoms with van der Waals surface area (Å²) in [6.07, 6.45) is 2.76. The summed E-state index contributed by atoms with van der Waals surface area (Å²) in [4.78, 5) is 17.7. The fourth-order valence-corrected chi connectivity index (χ4v) is 4.81. The highest BCUT2D eigenvalue weighted by Gasteiger charge is 2.31. The van der Waals surface area contributed by atoms with Crippen molar-refractivity contribution in [3.8, 4) is 23.1 Å². The molecule has 2 aromatic carbocycles. The van der Waals surface area contributed by atoms with Crippen LogP contribution in [0, 0.1) is 17.4 Å². The van der Waals surface area contributed by atoms with E-state index in [1.807, 2.05) is 13.1 Å². The Morgan fingerprint density at radius 2 is 1.92 bits per heavy atom. The molecule has 0 amide bonds. The van der Waals surface area contributed by atoms with Crippen LogP contribution < -0.4 is 10.1 Å². The van der Waals surface area contributed by atoms with Gasteiger partial charge < -0.3 is 14.7 Å². The highest BCUT2D eigenvalue weighted by Crippen LogP contribution is 2.38. The van der Waals surface area contributed by atoms with E-state index >= 15 is 0 Å². The highest BCUT2D eigenvalue weighted by atomic mass is 19.4. The molecular formula is C28H33F3N4O3. The van der Waals surface area contributed by atoms with Gasteiger partial charge >= 0.3 is 12.1 Å². The topological polar surface area (TPSA) is 98.0 Å². The number of nitrogens with one attached hydrogen (secondary N) is 1. The first-order chi connectivity index (χ1) is 18.2. The largest absolute Gasteiger partial charge is 0.496 e. The third-order valence-corrected chi connectivity index (χ3v) is 6.78. The number of methoxy groups -OCH3 is 1. The van der Waals surface area contributed by atoms with Gasteiger partial charge in [0.25, 0.3) is 0 Å². The van der Waals surface area contributed by atoms with Crippen LogP contribution in [0.4, 0.5) is 13.2 Å². The maximum atomic E-state index is 13.7. The Balaban J connectivity index is 2.05. The van der Waals surface area contributed by atoms with Crippen LogP contribution in [0.25, 0.3) is 11.1 Å². The van der Waals surface area contributed by atoms with Gasteiger partial charge in [-0.25, -0.2) is 0 Å². The average Bonchev–Trinajstić information content (AvgIpc) is 2.89. The van der Waals surface area contributed by atoms with Crippen molar-refractivity contribution in [2.24, 2.45) is 10.9 Å². The van der Waals surface area contributed by atoms with E-state index < -0.39 is 17.7 Å². The predicted molar refractivity (Wildman–Crippen MR) is 138 cm³/mol. The van der Waals surface area contributed by atoms with Crippen LogP contribution >= 0.6 is 0 Å². The Labute approximate surface area is 220 Å². The summed E-state index contributed by atoms with van der Waals surface area (Å²) < 4.78 is 46.6. The fraction of sp³-hybridized carbons (Fsp3) is 0.464. The predicted octanol–water partition coefficient (Wildman–Crippen LogP) is 5.84. The minimum absolute atomic E-state index is 0.0419. The lowest BCUT2D eigenvalue weighted by Gasteiger charge is -2.27. The van der Waals surface area contributed by atoms with Gasteiger partial charge in [-0.2, -0.15) is 18.4 Å². The molecule has 0 saturated heterocycles. The first-order valence-corrected chi connectivity index (χ1v) is 12.7. The smallest absolute Gasteiger partial charge is 0.416 e. The van der Waals surface area contributed by atoms with E-state index in [2.05, 4.69) is 10.3 Å². The second kappa shape index (κ2) is 13.2. The van der Waals surface area contributed by atoms with E-state index in [0.717, 1.165) is 37.8 Å². The Hall–Kier alpha value is -3.74. The number of ether oxygens (including phenoxy) is 1. The van der Waals surface area contributed by atoms with Gasteiger partial charge in [-0.3, -0.25) is 15.1 Å². The fourth-order valence-electron chi connectivity index (χ4n) is 4.81. The van der Waals surface area contributed by atoms with Crippen molar-refractivity contribution in [3.05, 3.63) is 53.1 Å². The first-order valence-electron chi connectivity index (χ1n) is 12.7. The maximum Gasteiger partial charge on any atom is 0.416 e. The summed E-state index contributed by atoms with van der Waals surface area (Å²) in [5.41, 5.74) is 0.996. The van der Waals surface area contributed by atoms with Crippen molar-refractivity contribution >= 4 is 11.9 Å². The Morgan fingerprint density at radius 1 is 1.18 bits per heavy atom. The van der Waals surface area contributed by atoms with Gasteiger partial charge in [-0.1, -0.05) is 31.4 Å². The summed E-state index contributed by atoms with van der Waals surface area (Å²) in [7, 11) is 1.45. The number of alkyl halides is 3. The standard InChI is InChI=1S/C28H33F3N4O3/c1-3-35(27(34-18-32)33-16-19-7-5-4-6-8-19)17-21-15-22(28(29,30)31)10-11-23(21)24-13-20(14-26(36)37)9-12-25(24)38-2/h9-13,15,19H,3-8,14,16-17H2,1-2H3,(H,33,34)(H,36,37). The minimum Gasteiger partial charge on any atom is -0.496 e. The number of carboxylic acids is 1. The van der Waals surface area contributed by atoms with Gasteiger partial charge in [-0.15, -0.1) is 0 Å². The number of nitrogens with zero attached hydrogens (tertiary/aromatic N) is 3. The molecule has 2 aromatic rings. The summed E-state index contributed by atoms with van der Waals surface area (Å²) in [6, 6.07) is 8.33. The molecule has 1 aliphatic carbocycles. The minimum atomic E-state index is -4.55. The van der Waals surface area contributed by atoms with Crippen molar-refractivity contribution in [2.45, 2.75) is 58.2 Å². The first kappa shape index (κ1) is 28.8. The van der Waals surface area contributed by atoms with E-state index in [0.29, 0.717) is 53.0 Å². The molecule has 1 aliphatic rings. The molecule has 0 atom stereocenters. The summed E-state index contributed by atoms with van der Waals surface area (Å²) >= 11 is 0. The number of benzene rings is 2. The van der Waals surface area contributed by atoms with E-state index in [4.69, 9.17) is 4.74 Å². The number of aliphatic imine (C=N–C) groups is 1. The second-order valence-corrected chi connectivity index (χ2v) is 9.39. The molecule has 0 aromatic heterocycles. The zero-order valence-electron chi connectivity index (χ0n) is 21.6. The second-order valence-electron chi connectivity index (χ2n) is 9.39. The van der Waals surface area contributed by atoms with Crippen LogP contribution in [0.1, 0.15) is 55.7 Å². The third-order valence-electron chi connectivity index (χ3n) is 6.78. The molecule has 0 aliphatic heterocycles. The van der Waals surface area contributed by atoms with Crippen LogP contribution in [0.3, 0.4) is 0 Å². The number of halogens is 3.